The van der Waals surface area contributed by atoms with Crippen molar-refractivity contribution in [3.05, 3.63) is 63.4 Å². The molecule has 9 nitrogen and oxygen atoms in total. The third kappa shape index (κ3) is 3.57. The first-order valence-electron chi connectivity index (χ1n) is 12.8. The lowest BCUT2D eigenvalue weighted by Gasteiger charge is -2.62. The summed E-state index contributed by atoms with van der Waals surface area (Å²) in [5.41, 5.74) is -6.28. The van der Waals surface area contributed by atoms with Crippen LogP contribution in [0.1, 0.15) is 50.4 Å². The van der Waals surface area contributed by atoms with E-state index in [4.69, 9.17) is 4.74 Å². The Labute approximate surface area is 222 Å². The Hall–Kier alpha value is -3.63. The van der Waals surface area contributed by atoms with Crippen molar-refractivity contribution in [2.75, 3.05) is 0 Å². The Kier molecular flexibility index (Phi) is 6.01. The van der Waals surface area contributed by atoms with Crippen LogP contribution in [0.2, 0.25) is 0 Å². The molecule has 0 saturated heterocycles. The average molecular weight is 546 g/mol. The lowest BCUT2D eigenvalue weighted by Crippen LogP contribution is -2.68. The standard InChI is InChI=1S/C28H29F2NO8/c1-13-9-17-21-23(39-25(36)14-5-4-6-15(10-14)31(37)38)22(29)18-11-16(32)12-19(33)27(18,3)28(21,30)8-7-26(17,2)20(13)24(34)35/h4-6,10-13,17,20-23,33H,7-9H2,1-3H3,(H,34,35)/t13-,17+,20+,21?,22+,23?,26+,27?,28?/m1/s1. The molecule has 4 aliphatic carbocycles. The molecule has 0 heterocycles. The number of allylic oxidation sites excluding steroid dienone is 3. The summed E-state index contributed by atoms with van der Waals surface area (Å²) in [5, 5.41) is 32.2. The molecule has 4 aliphatic rings. The minimum absolute atomic E-state index is 0.124. The van der Waals surface area contributed by atoms with Gasteiger partial charge >= 0.3 is 11.9 Å². The second kappa shape index (κ2) is 8.69. The van der Waals surface area contributed by atoms with Gasteiger partial charge in [-0.25, -0.2) is 13.6 Å². The fourth-order valence-electron chi connectivity index (χ4n) is 8.12. The molecule has 0 radical (unpaired) electrons. The summed E-state index contributed by atoms with van der Waals surface area (Å²) in [6.07, 6.45) is -2.12. The van der Waals surface area contributed by atoms with Crippen LogP contribution >= 0.6 is 0 Å². The van der Waals surface area contributed by atoms with Gasteiger partial charge in [0, 0.05) is 24.1 Å². The largest absolute Gasteiger partial charge is 0.511 e. The third-order valence-electron chi connectivity index (χ3n) is 9.98. The Morgan fingerprint density at radius 2 is 1.90 bits per heavy atom. The van der Waals surface area contributed by atoms with E-state index in [-0.39, 0.29) is 36.3 Å². The fourth-order valence-corrected chi connectivity index (χ4v) is 8.12. The molecule has 0 aromatic heterocycles. The van der Waals surface area contributed by atoms with E-state index < -0.39 is 80.6 Å². The molecule has 0 amide bonds. The number of carbonyl (C=O) groups excluding carboxylic acids is 2. The van der Waals surface area contributed by atoms with Crippen molar-refractivity contribution < 1.29 is 43.0 Å². The highest BCUT2D eigenvalue weighted by Crippen LogP contribution is 2.71. The minimum atomic E-state index is -2.40. The quantitative estimate of drug-likeness (QED) is 0.309. The summed E-state index contributed by atoms with van der Waals surface area (Å²) >= 11 is 0. The average Bonchev–Trinajstić information content (AvgIpc) is 3.14. The zero-order chi connectivity index (χ0) is 28.7. The molecule has 1 aromatic carbocycles. The number of benzene rings is 1. The number of fused-ring (bicyclic) bond motifs is 5. The summed E-state index contributed by atoms with van der Waals surface area (Å²) in [5.74, 6) is -6.87. The topological polar surface area (TPSA) is 144 Å². The molecule has 4 unspecified atom stereocenters. The minimum Gasteiger partial charge on any atom is -0.511 e. The maximum atomic E-state index is 17.7. The van der Waals surface area contributed by atoms with Gasteiger partial charge in [0.2, 0.25) is 0 Å². The number of halogens is 2. The normalized spacial score (nSPS) is 40.9. The van der Waals surface area contributed by atoms with E-state index in [1.807, 2.05) is 0 Å². The smallest absolute Gasteiger partial charge is 0.338 e. The first kappa shape index (κ1) is 27.0. The predicted molar refractivity (Wildman–Crippen MR) is 132 cm³/mol. The number of ether oxygens (including phenoxy) is 1. The van der Waals surface area contributed by atoms with E-state index in [9.17, 15) is 34.7 Å². The molecular formula is C28H29F2NO8. The number of nitro benzene ring substituents is 1. The number of aliphatic hydroxyl groups excluding tert-OH is 1. The Balaban J connectivity index is 1.65. The van der Waals surface area contributed by atoms with Crippen LogP contribution in [-0.4, -0.2) is 50.8 Å². The number of non-ortho nitro benzene ring substituents is 1. The molecule has 39 heavy (non-hydrogen) atoms. The number of hydrogen-bond acceptors (Lipinski definition) is 7. The monoisotopic (exact) mass is 545 g/mol. The van der Waals surface area contributed by atoms with Gasteiger partial charge < -0.3 is 14.9 Å². The van der Waals surface area contributed by atoms with Crippen LogP contribution in [-0.2, 0) is 14.3 Å². The fraction of sp³-hybridized carbons (Fsp3) is 0.536. The second-order valence-electron chi connectivity index (χ2n) is 11.8. The Morgan fingerprint density at radius 3 is 2.54 bits per heavy atom. The van der Waals surface area contributed by atoms with Gasteiger partial charge in [0.15, 0.2) is 12.0 Å². The molecule has 3 saturated carbocycles. The lowest BCUT2D eigenvalue weighted by atomic mass is 9.44. The number of aliphatic carboxylic acids is 1. The maximum absolute atomic E-state index is 17.7. The number of esters is 1. The second-order valence-corrected chi connectivity index (χ2v) is 11.8. The number of nitro groups is 1. The molecule has 2 N–H and O–H groups in total. The molecular weight excluding hydrogens is 516 g/mol. The van der Waals surface area contributed by atoms with Gasteiger partial charge in [-0.05, 0) is 61.2 Å². The van der Waals surface area contributed by atoms with Crippen LogP contribution in [0.4, 0.5) is 14.5 Å². The van der Waals surface area contributed by atoms with Crippen molar-refractivity contribution in [1.82, 2.24) is 0 Å². The van der Waals surface area contributed by atoms with Crippen LogP contribution in [0.25, 0.3) is 0 Å². The van der Waals surface area contributed by atoms with Gasteiger partial charge in [-0.2, -0.15) is 0 Å². The molecule has 11 heteroatoms. The van der Waals surface area contributed by atoms with E-state index in [0.717, 1.165) is 18.2 Å². The van der Waals surface area contributed by atoms with Crippen molar-refractivity contribution in [3.8, 4) is 0 Å². The molecule has 208 valence electrons. The molecule has 1 aromatic rings. The third-order valence-corrected chi connectivity index (χ3v) is 9.98. The van der Waals surface area contributed by atoms with E-state index in [1.54, 1.807) is 13.8 Å². The zero-order valence-corrected chi connectivity index (χ0v) is 21.6. The molecule has 0 spiro atoms. The van der Waals surface area contributed by atoms with E-state index in [1.165, 1.54) is 25.1 Å². The van der Waals surface area contributed by atoms with Crippen molar-refractivity contribution in [3.63, 3.8) is 0 Å². The number of alkyl halides is 2. The number of ketones is 1. The van der Waals surface area contributed by atoms with Gasteiger partial charge in [0.1, 0.15) is 17.5 Å². The summed E-state index contributed by atoms with van der Waals surface area (Å²) < 4.78 is 39.8. The lowest BCUT2D eigenvalue weighted by molar-refractivity contribution is -0.384. The molecule has 3 fully saturated rings. The molecule has 0 aliphatic heterocycles. The Bertz CT molecular complexity index is 1360. The highest BCUT2D eigenvalue weighted by atomic mass is 19.1. The first-order valence-corrected chi connectivity index (χ1v) is 12.8. The van der Waals surface area contributed by atoms with E-state index in [0.29, 0.717) is 0 Å². The number of rotatable bonds is 4. The van der Waals surface area contributed by atoms with E-state index in [2.05, 4.69) is 0 Å². The molecule has 5 rings (SSSR count). The van der Waals surface area contributed by atoms with Gasteiger partial charge in [-0.15, -0.1) is 0 Å². The number of carboxylic acids is 1. The predicted octanol–water partition coefficient (Wildman–Crippen LogP) is 4.91. The van der Waals surface area contributed by atoms with Gasteiger partial charge in [-0.3, -0.25) is 19.7 Å². The molecule has 0 bridgehead atoms. The highest BCUT2D eigenvalue weighted by Gasteiger charge is 2.75. The summed E-state index contributed by atoms with van der Waals surface area (Å²) in [7, 11) is 0. The summed E-state index contributed by atoms with van der Waals surface area (Å²) in [6.45, 7) is 4.80. The summed E-state index contributed by atoms with van der Waals surface area (Å²) in [4.78, 5) is 48.3. The maximum Gasteiger partial charge on any atom is 0.338 e. The van der Waals surface area contributed by atoms with Crippen molar-refractivity contribution in [1.29, 1.82) is 0 Å². The van der Waals surface area contributed by atoms with Crippen LogP contribution in [0, 0.1) is 44.6 Å². The first-order chi connectivity index (χ1) is 18.2. The number of hydrogen-bond donors (Lipinski definition) is 2. The van der Waals surface area contributed by atoms with Crippen molar-refractivity contribution in [2.45, 2.75) is 58.0 Å². The van der Waals surface area contributed by atoms with Gasteiger partial charge in [0.05, 0.1) is 21.8 Å². The highest BCUT2D eigenvalue weighted by molar-refractivity contribution is 6.02. The van der Waals surface area contributed by atoms with Crippen LogP contribution < -0.4 is 0 Å². The van der Waals surface area contributed by atoms with Gasteiger partial charge in [-0.1, -0.05) is 19.9 Å². The van der Waals surface area contributed by atoms with Crippen molar-refractivity contribution in [2.24, 2.45) is 34.5 Å². The van der Waals surface area contributed by atoms with Gasteiger partial charge in [0.25, 0.3) is 5.69 Å². The van der Waals surface area contributed by atoms with Crippen LogP contribution in [0.5, 0.6) is 0 Å². The van der Waals surface area contributed by atoms with Crippen molar-refractivity contribution >= 4 is 23.4 Å². The zero-order valence-electron chi connectivity index (χ0n) is 21.6. The Morgan fingerprint density at radius 1 is 1.21 bits per heavy atom. The van der Waals surface area contributed by atoms with Crippen LogP contribution in [0.15, 0.2) is 47.7 Å². The number of aliphatic hydroxyl groups is 1. The number of carbonyl (C=O) groups is 3. The number of nitrogens with zero attached hydrogens (tertiary/aromatic N) is 1. The number of carboxylic acid groups (broad SMARTS) is 1. The SMILES string of the molecule is C[C@@H]1C[C@H]2C3C(OC(=O)c4cccc([N+](=O)[O-])c4)[C@@H](F)C4=CC(=O)C=C(O)C4(C)C3(F)CC[C@]2(C)[C@@H]1C(=O)O. The van der Waals surface area contributed by atoms with E-state index >= 15 is 8.78 Å². The summed E-state index contributed by atoms with van der Waals surface area (Å²) in [6, 6.07) is 4.64. The molecule has 9 atom stereocenters. The van der Waals surface area contributed by atoms with Crippen LogP contribution in [0.3, 0.4) is 0 Å².